The second-order valence-electron chi connectivity index (χ2n) is 7.25. The van der Waals surface area contributed by atoms with Crippen LogP contribution in [0.1, 0.15) is 70.3 Å². The molecule has 31 heavy (non-hydrogen) atoms. The molecule has 0 bridgehead atoms. The molecule has 1 saturated heterocycles. The number of unbranched alkanes of at least 4 members (excludes halogenated alkanes) is 2. The number of hydrogen-bond donors (Lipinski definition) is 1. The van der Waals surface area contributed by atoms with E-state index in [-0.39, 0.29) is 5.91 Å². The number of carbonyl (C=O) groups excluding carboxylic acids is 2. The number of nitrogens with one attached hydrogen (secondary N) is 1. The van der Waals surface area contributed by atoms with Crippen LogP contribution < -0.4 is 5.32 Å². The highest BCUT2D eigenvalue weighted by Crippen LogP contribution is 2.36. The number of hydrogen-bond acceptors (Lipinski definition) is 6. The van der Waals surface area contributed by atoms with Crippen molar-refractivity contribution in [2.24, 2.45) is 16.8 Å². The molecule has 172 valence electrons. The maximum Gasteiger partial charge on any atom is 0.277 e. The first kappa shape index (κ1) is 26.8. The predicted molar refractivity (Wildman–Crippen MR) is 129 cm³/mol. The minimum atomic E-state index is -0.273. The number of nitrogens with zero attached hydrogens (tertiary/aromatic N) is 4. The van der Waals surface area contributed by atoms with Gasteiger partial charge in [-0.25, -0.2) is 9.98 Å². The van der Waals surface area contributed by atoms with Crippen LogP contribution in [0.3, 0.4) is 0 Å². The van der Waals surface area contributed by atoms with Gasteiger partial charge >= 0.3 is 0 Å². The summed E-state index contributed by atoms with van der Waals surface area (Å²) in [6.07, 6.45) is 15.5. The van der Waals surface area contributed by atoms with Crippen molar-refractivity contribution in [1.82, 2.24) is 20.2 Å². The Hall–Kier alpha value is -2.22. The van der Waals surface area contributed by atoms with Gasteiger partial charge < -0.3 is 4.90 Å². The molecule has 1 N–H and O–H groups in total. The van der Waals surface area contributed by atoms with E-state index in [9.17, 15) is 9.59 Å². The molecule has 1 aliphatic heterocycles. The molecule has 2 aliphatic rings. The molecule has 1 aromatic rings. The van der Waals surface area contributed by atoms with E-state index in [0.717, 1.165) is 31.6 Å². The van der Waals surface area contributed by atoms with Crippen LogP contribution in [-0.4, -0.2) is 51.7 Å². The van der Waals surface area contributed by atoms with Gasteiger partial charge in [-0.15, -0.1) is 0 Å². The Kier molecular flexibility index (Phi) is 13.5. The van der Waals surface area contributed by atoms with Crippen molar-refractivity contribution in [3.63, 3.8) is 0 Å². The Balaban J connectivity index is 0.000000589. The molecule has 0 spiro atoms. The molecule has 1 fully saturated rings. The molecule has 2 heterocycles. The van der Waals surface area contributed by atoms with Crippen molar-refractivity contribution in [2.75, 3.05) is 19.3 Å². The highest BCUT2D eigenvalue weighted by atomic mass is 32.2. The van der Waals surface area contributed by atoms with Crippen LogP contribution in [0.4, 0.5) is 0 Å². The summed E-state index contributed by atoms with van der Waals surface area (Å²) in [5, 5.41) is 3.46. The number of allylic oxidation sites excluding steroid dienone is 2. The molecule has 0 saturated carbocycles. The largest absolute Gasteiger partial charge is 0.342 e. The Morgan fingerprint density at radius 2 is 2.06 bits per heavy atom. The molecule has 7 nitrogen and oxygen atoms in total. The summed E-state index contributed by atoms with van der Waals surface area (Å²) < 4.78 is 0. The topological polar surface area (TPSA) is 87.3 Å². The van der Waals surface area contributed by atoms with Crippen molar-refractivity contribution >= 4 is 29.2 Å². The molecule has 8 heteroatoms. The summed E-state index contributed by atoms with van der Waals surface area (Å²) >= 11 is 1.44. The van der Waals surface area contributed by atoms with Crippen molar-refractivity contribution in [1.29, 1.82) is 0 Å². The standard InChI is InChI=1S/C18H26N4OS.C3H5NO.C2H6/c1-4-5-6-7-14-13(2)8-9-15(14)21-18(24-3)22-17(23)16-12-19-10-11-20-16;5-3-4-1-2-4;1-2/h9-14H,4-8H2,1-3H3,(H,21,22,23);3H,1-2H2;1-2H3. The summed E-state index contributed by atoms with van der Waals surface area (Å²) in [4.78, 5) is 36.1. The fraction of sp³-hybridized carbons (Fsp3) is 0.609. The summed E-state index contributed by atoms with van der Waals surface area (Å²) in [6.45, 7) is 10.5. The van der Waals surface area contributed by atoms with Crippen LogP contribution in [0.15, 0.2) is 35.4 Å². The third kappa shape index (κ3) is 10.1. The number of carbonyl (C=O) groups is 2. The Morgan fingerprint density at radius 1 is 1.32 bits per heavy atom. The lowest BCUT2D eigenvalue weighted by molar-refractivity contribution is -0.113. The van der Waals surface area contributed by atoms with E-state index in [1.165, 1.54) is 49.8 Å². The Labute approximate surface area is 191 Å². The highest BCUT2D eigenvalue weighted by Gasteiger charge is 2.26. The van der Waals surface area contributed by atoms with Gasteiger partial charge in [0, 0.05) is 37.1 Å². The molecule has 2 amide bonds. The van der Waals surface area contributed by atoms with Crippen LogP contribution in [0.2, 0.25) is 0 Å². The zero-order chi connectivity index (χ0) is 23.1. The van der Waals surface area contributed by atoms with Crippen LogP contribution in [0.5, 0.6) is 0 Å². The fourth-order valence-corrected chi connectivity index (χ4v) is 3.46. The zero-order valence-corrected chi connectivity index (χ0v) is 20.3. The van der Waals surface area contributed by atoms with E-state index < -0.39 is 0 Å². The normalized spacial score (nSPS) is 19.3. The molecular formula is C23H37N5O2S. The van der Waals surface area contributed by atoms with Gasteiger partial charge in [0.25, 0.3) is 5.91 Å². The molecule has 2 atom stereocenters. The Morgan fingerprint density at radius 3 is 2.58 bits per heavy atom. The SMILES string of the molecule is CC.CCCCCC1C(N=C(NC(=O)c2cnccn2)SC)=CCC1C.O=CN1CC1. The molecule has 0 radical (unpaired) electrons. The second kappa shape index (κ2) is 15.6. The van der Waals surface area contributed by atoms with Crippen molar-refractivity contribution in [3.05, 3.63) is 36.1 Å². The van der Waals surface area contributed by atoms with Gasteiger partial charge in [-0.1, -0.05) is 64.8 Å². The molecular weight excluding hydrogens is 410 g/mol. The van der Waals surface area contributed by atoms with Gasteiger partial charge in [0.2, 0.25) is 6.41 Å². The number of aromatic nitrogens is 2. The lowest BCUT2D eigenvalue weighted by Gasteiger charge is -2.18. The first-order chi connectivity index (χ1) is 15.1. The van der Waals surface area contributed by atoms with E-state index in [2.05, 4.69) is 35.2 Å². The third-order valence-electron chi connectivity index (χ3n) is 4.96. The average Bonchev–Trinajstić information content (AvgIpc) is 3.60. The predicted octanol–water partition coefficient (Wildman–Crippen LogP) is 4.53. The van der Waals surface area contributed by atoms with E-state index in [1.807, 2.05) is 20.1 Å². The van der Waals surface area contributed by atoms with Crippen LogP contribution in [0.25, 0.3) is 0 Å². The van der Waals surface area contributed by atoms with Crippen molar-refractivity contribution in [3.8, 4) is 0 Å². The van der Waals surface area contributed by atoms with Crippen molar-refractivity contribution in [2.45, 2.75) is 59.8 Å². The van der Waals surface area contributed by atoms with E-state index >= 15 is 0 Å². The number of thioether (sulfide) groups is 1. The first-order valence-electron chi connectivity index (χ1n) is 11.2. The molecule has 1 aliphatic carbocycles. The van der Waals surface area contributed by atoms with Gasteiger partial charge in [-0.3, -0.25) is 19.9 Å². The van der Waals surface area contributed by atoms with Gasteiger partial charge in [0.15, 0.2) is 5.17 Å². The van der Waals surface area contributed by atoms with Gasteiger partial charge in [0.05, 0.1) is 6.20 Å². The fourth-order valence-electron chi connectivity index (χ4n) is 3.07. The minimum Gasteiger partial charge on any atom is -0.342 e. The summed E-state index contributed by atoms with van der Waals surface area (Å²) in [5.41, 5.74) is 1.41. The smallest absolute Gasteiger partial charge is 0.277 e. The molecule has 0 aromatic carbocycles. The van der Waals surface area contributed by atoms with Gasteiger partial charge in [-0.2, -0.15) is 0 Å². The lowest BCUT2D eigenvalue weighted by atomic mass is 9.90. The van der Waals surface area contributed by atoms with E-state index in [1.54, 1.807) is 11.1 Å². The molecule has 2 unspecified atom stereocenters. The number of rotatable bonds is 7. The van der Waals surface area contributed by atoms with Crippen LogP contribution in [-0.2, 0) is 4.79 Å². The number of aliphatic imine (C=N–C) groups is 1. The quantitative estimate of drug-likeness (QED) is 0.218. The average molecular weight is 448 g/mol. The van der Waals surface area contributed by atoms with Crippen LogP contribution >= 0.6 is 11.8 Å². The minimum absolute atomic E-state index is 0.273. The maximum atomic E-state index is 12.2. The van der Waals surface area contributed by atoms with Gasteiger partial charge in [0.1, 0.15) is 5.69 Å². The maximum absolute atomic E-state index is 12.2. The monoisotopic (exact) mass is 447 g/mol. The van der Waals surface area contributed by atoms with E-state index in [4.69, 9.17) is 4.99 Å². The molecule has 1 aromatic heterocycles. The first-order valence-corrected chi connectivity index (χ1v) is 12.4. The lowest BCUT2D eigenvalue weighted by Crippen LogP contribution is -2.29. The van der Waals surface area contributed by atoms with E-state index in [0.29, 0.717) is 22.7 Å². The molecule has 3 rings (SSSR count). The van der Waals surface area contributed by atoms with Crippen molar-refractivity contribution < 1.29 is 9.59 Å². The summed E-state index contributed by atoms with van der Waals surface area (Å²) in [7, 11) is 0. The number of amides is 2. The highest BCUT2D eigenvalue weighted by molar-refractivity contribution is 8.13. The number of amidine groups is 1. The zero-order valence-electron chi connectivity index (χ0n) is 19.5. The second-order valence-corrected chi connectivity index (χ2v) is 8.05. The summed E-state index contributed by atoms with van der Waals surface area (Å²) in [5.74, 6) is 0.844. The summed E-state index contributed by atoms with van der Waals surface area (Å²) in [6, 6.07) is 0. The van der Waals surface area contributed by atoms with Crippen LogP contribution in [0, 0.1) is 11.8 Å². The Bertz CT molecular complexity index is 720. The van der Waals surface area contributed by atoms with Gasteiger partial charge in [-0.05, 0) is 25.0 Å². The third-order valence-corrected chi connectivity index (χ3v) is 5.54.